The maximum absolute atomic E-state index is 12.9. The molecular weight excluding hydrogens is 257 g/mol. The summed E-state index contributed by atoms with van der Waals surface area (Å²) in [6.45, 7) is 1.23. The summed E-state index contributed by atoms with van der Waals surface area (Å²) < 4.78 is 18.1. The predicted molar refractivity (Wildman–Crippen MR) is 76.8 cm³/mol. The van der Waals surface area contributed by atoms with E-state index in [0.29, 0.717) is 13.1 Å². The molecule has 1 N–H and O–H groups in total. The number of benzene rings is 1. The molecule has 2 rings (SSSR count). The Bertz CT molecular complexity index is 549. The van der Waals surface area contributed by atoms with Crippen LogP contribution in [0.3, 0.4) is 0 Å². The van der Waals surface area contributed by atoms with E-state index in [-0.39, 0.29) is 5.82 Å². The molecule has 0 spiro atoms. The molecule has 1 aromatic heterocycles. The van der Waals surface area contributed by atoms with Gasteiger partial charge in [-0.05, 0) is 29.8 Å². The first-order valence-corrected chi connectivity index (χ1v) is 6.37. The first-order valence-electron chi connectivity index (χ1n) is 6.37. The molecule has 0 fully saturated rings. The molecule has 106 valence electrons. The van der Waals surface area contributed by atoms with Crippen LogP contribution < -0.4 is 5.32 Å². The van der Waals surface area contributed by atoms with Crippen molar-refractivity contribution in [1.29, 1.82) is 0 Å². The Morgan fingerprint density at radius 3 is 2.65 bits per heavy atom. The van der Waals surface area contributed by atoms with Gasteiger partial charge in [-0.25, -0.2) is 4.39 Å². The molecule has 0 saturated heterocycles. The van der Waals surface area contributed by atoms with E-state index in [1.54, 1.807) is 25.4 Å². The van der Waals surface area contributed by atoms with Crippen molar-refractivity contribution < 1.29 is 8.81 Å². The molecule has 2 aromatic rings. The van der Waals surface area contributed by atoms with Crippen molar-refractivity contribution in [3.8, 4) is 0 Å². The Balaban J connectivity index is 1.91. The quantitative estimate of drug-likeness (QED) is 0.689. The van der Waals surface area contributed by atoms with Crippen molar-refractivity contribution >= 4 is 5.96 Å². The van der Waals surface area contributed by atoms with Crippen molar-refractivity contribution in [2.45, 2.75) is 13.1 Å². The van der Waals surface area contributed by atoms with Crippen LogP contribution in [-0.2, 0) is 13.1 Å². The second-order valence-electron chi connectivity index (χ2n) is 4.46. The van der Waals surface area contributed by atoms with Crippen molar-refractivity contribution in [1.82, 2.24) is 10.2 Å². The molecule has 0 aliphatic rings. The molecule has 0 amide bonds. The minimum atomic E-state index is -0.225. The summed E-state index contributed by atoms with van der Waals surface area (Å²) in [5, 5.41) is 3.21. The lowest BCUT2D eigenvalue weighted by molar-refractivity contribution is 0.459. The molecule has 0 atom stereocenters. The van der Waals surface area contributed by atoms with Gasteiger partial charge >= 0.3 is 0 Å². The van der Waals surface area contributed by atoms with E-state index in [1.165, 1.54) is 12.1 Å². The second kappa shape index (κ2) is 6.75. The van der Waals surface area contributed by atoms with E-state index in [9.17, 15) is 4.39 Å². The molecule has 0 saturated carbocycles. The van der Waals surface area contributed by atoms with Crippen molar-refractivity contribution in [2.24, 2.45) is 4.99 Å². The number of nitrogens with one attached hydrogen (secondary N) is 1. The highest BCUT2D eigenvalue weighted by atomic mass is 19.1. The molecule has 0 aliphatic carbocycles. The number of furan rings is 1. The van der Waals surface area contributed by atoms with Gasteiger partial charge in [0, 0.05) is 20.6 Å². The van der Waals surface area contributed by atoms with Gasteiger partial charge < -0.3 is 14.6 Å². The van der Waals surface area contributed by atoms with E-state index < -0.39 is 0 Å². The minimum absolute atomic E-state index is 0.225. The normalized spacial score (nSPS) is 11.4. The summed E-state index contributed by atoms with van der Waals surface area (Å²) in [5.41, 5.74) is 1.02. The zero-order chi connectivity index (χ0) is 14.4. The lowest BCUT2D eigenvalue weighted by atomic mass is 10.2. The molecule has 1 aromatic carbocycles. The zero-order valence-corrected chi connectivity index (χ0v) is 11.6. The molecule has 0 radical (unpaired) electrons. The molecule has 5 heteroatoms. The summed E-state index contributed by atoms with van der Waals surface area (Å²) in [6.07, 6.45) is 1.64. The van der Waals surface area contributed by atoms with Crippen LogP contribution in [0.5, 0.6) is 0 Å². The highest BCUT2D eigenvalue weighted by molar-refractivity contribution is 5.79. The van der Waals surface area contributed by atoms with E-state index in [0.717, 1.165) is 17.3 Å². The minimum Gasteiger partial charge on any atom is -0.467 e. The third-order valence-corrected chi connectivity index (χ3v) is 2.91. The number of guanidine groups is 1. The number of nitrogens with zero attached hydrogens (tertiary/aromatic N) is 2. The van der Waals surface area contributed by atoms with Crippen molar-refractivity contribution in [3.63, 3.8) is 0 Å². The van der Waals surface area contributed by atoms with Gasteiger partial charge in [-0.1, -0.05) is 12.1 Å². The summed E-state index contributed by atoms with van der Waals surface area (Å²) in [4.78, 5) is 6.19. The highest BCUT2D eigenvalue weighted by Gasteiger charge is 2.07. The molecule has 0 unspecified atom stereocenters. The molecule has 1 heterocycles. The summed E-state index contributed by atoms with van der Waals surface area (Å²) in [7, 11) is 3.66. The number of hydrogen-bond donors (Lipinski definition) is 1. The highest BCUT2D eigenvalue weighted by Crippen LogP contribution is 2.06. The predicted octanol–water partition coefficient (Wildman–Crippen LogP) is 2.63. The number of hydrogen-bond acceptors (Lipinski definition) is 2. The van der Waals surface area contributed by atoms with Gasteiger partial charge in [0.1, 0.15) is 11.6 Å². The Kier molecular flexibility index (Phi) is 4.76. The van der Waals surface area contributed by atoms with Gasteiger partial charge in [0.05, 0.1) is 12.8 Å². The average Bonchev–Trinajstić information content (AvgIpc) is 2.95. The largest absolute Gasteiger partial charge is 0.467 e. The SMILES string of the molecule is CN=C(NCc1ccco1)N(C)Cc1ccc(F)cc1. The second-order valence-corrected chi connectivity index (χ2v) is 4.46. The van der Waals surface area contributed by atoms with Gasteiger partial charge in [0.25, 0.3) is 0 Å². The topological polar surface area (TPSA) is 40.8 Å². The third-order valence-electron chi connectivity index (χ3n) is 2.91. The lowest BCUT2D eigenvalue weighted by Gasteiger charge is -2.21. The molecule has 0 bridgehead atoms. The van der Waals surface area contributed by atoms with Crippen molar-refractivity contribution in [3.05, 3.63) is 59.8 Å². The van der Waals surface area contributed by atoms with Crippen LogP contribution in [-0.4, -0.2) is 25.0 Å². The van der Waals surface area contributed by atoms with E-state index >= 15 is 0 Å². The van der Waals surface area contributed by atoms with E-state index in [2.05, 4.69) is 10.3 Å². The Hall–Kier alpha value is -2.30. The van der Waals surface area contributed by atoms with Gasteiger partial charge in [-0.2, -0.15) is 0 Å². The monoisotopic (exact) mass is 275 g/mol. The summed E-state index contributed by atoms with van der Waals surface area (Å²) >= 11 is 0. The first-order chi connectivity index (χ1) is 9.69. The van der Waals surface area contributed by atoms with Gasteiger partial charge in [-0.15, -0.1) is 0 Å². The van der Waals surface area contributed by atoms with Crippen LogP contribution in [0.2, 0.25) is 0 Å². The zero-order valence-electron chi connectivity index (χ0n) is 11.6. The van der Waals surface area contributed by atoms with Crippen LogP contribution in [0.1, 0.15) is 11.3 Å². The number of aliphatic imine (C=N–C) groups is 1. The van der Waals surface area contributed by atoms with Gasteiger partial charge in [0.15, 0.2) is 5.96 Å². The average molecular weight is 275 g/mol. The van der Waals surface area contributed by atoms with Crippen LogP contribution in [0.15, 0.2) is 52.1 Å². The molecule has 20 heavy (non-hydrogen) atoms. The van der Waals surface area contributed by atoms with E-state index in [1.807, 2.05) is 24.1 Å². The molecule has 4 nitrogen and oxygen atoms in total. The third kappa shape index (κ3) is 3.85. The lowest BCUT2D eigenvalue weighted by Crippen LogP contribution is -2.37. The fourth-order valence-electron chi connectivity index (χ4n) is 1.90. The Morgan fingerprint density at radius 2 is 2.05 bits per heavy atom. The van der Waals surface area contributed by atoms with Crippen LogP contribution in [0, 0.1) is 5.82 Å². The number of rotatable bonds is 4. The fraction of sp³-hybridized carbons (Fsp3) is 0.267. The van der Waals surface area contributed by atoms with Crippen LogP contribution in [0.4, 0.5) is 4.39 Å². The van der Waals surface area contributed by atoms with Crippen LogP contribution in [0.25, 0.3) is 0 Å². The van der Waals surface area contributed by atoms with Gasteiger partial charge in [-0.3, -0.25) is 4.99 Å². The van der Waals surface area contributed by atoms with Crippen molar-refractivity contribution in [2.75, 3.05) is 14.1 Å². The Morgan fingerprint density at radius 1 is 1.30 bits per heavy atom. The van der Waals surface area contributed by atoms with Gasteiger partial charge in [0.2, 0.25) is 0 Å². The smallest absolute Gasteiger partial charge is 0.194 e. The maximum atomic E-state index is 12.9. The van der Waals surface area contributed by atoms with Crippen LogP contribution >= 0.6 is 0 Å². The molecule has 0 aliphatic heterocycles. The summed E-state index contributed by atoms with van der Waals surface area (Å²) in [6, 6.07) is 10.2. The number of halogens is 1. The first kappa shape index (κ1) is 14.1. The molecular formula is C15H18FN3O. The fourth-order valence-corrected chi connectivity index (χ4v) is 1.90. The standard InChI is InChI=1S/C15H18FN3O/c1-17-15(18-10-14-4-3-9-20-14)19(2)11-12-5-7-13(16)8-6-12/h3-9H,10-11H2,1-2H3,(H,17,18). The maximum Gasteiger partial charge on any atom is 0.194 e. The summed E-state index contributed by atoms with van der Waals surface area (Å²) in [5.74, 6) is 1.38. The van der Waals surface area contributed by atoms with E-state index in [4.69, 9.17) is 4.42 Å². The Labute approximate surface area is 117 Å².